The summed E-state index contributed by atoms with van der Waals surface area (Å²) < 4.78 is 0. The van der Waals surface area contributed by atoms with E-state index >= 15 is 0 Å². The molecule has 0 aromatic carbocycles. The summed E-state index contributed by atoms with van der Waals surface area (Å²) in [7, 11) is 0. The van der Waals surface area contributed by atoms with Crippen molar-refractivity contribution < 1.29 is 0 Å². The summed E-state index contributed by atoms with van der Waals surface area (Å²) in [6.45, 7) is 12.8. The van der Waals surface area contributed by atoms with Crippen molar-refractivity contribution in [1.29, 1.82) is 0 Å². The molecule has 2 unspecified atom stereocenters. The van der Waals surface area contributed by atoms with E-state index in [-0.39, 0.29) is 0 Å². The molecule has 0 spiro atoms. The minimum atomic E-state index is 0.455. The van der Waals surface area contributed by atoms with Gasteiger partial charge in [-0.1, -0.05) is 47.5 Å². The third-order valence-electron chi connectivity index (χ3n) is 5.76. The van der Waals surface area contributed by atoms with Gasteiger partial charge in [0.1, 0.15) is 0 Å². The van der Waals surface area contributed by atoms with Gasteiger partial charge in [-0.15, -0.1) is 0 Å². The summed E-state index contributed by atoms with van der Waals surface area (Å²) in [5.41, 5.74) is 7.16. The molecule has 1 nitrogen and oxygen atoms in total. The Morgan fingerprint density at radius 2 is 1.67 bits per heavy atom. The summed E-state index contributed by atoms with van der Waals surface area (Å²) >= 11 is 0. The third kappa shape index (κ3) is 3.98. The van der Waals surface area contributed by atoms with Crippen molar-refractivity contribution in [3.8, 4) is 0 Å². The molecule has 0 aliphatic heterocycles. The first-order valence-corrected chi connectivity index (χ1v) is 8.04. The lowest BCUT2D eigenvalue weighted by molar-refractivity contribution is 0.163. The van der Waals surface area contributed by atoms with Crippen molar-refractivity contribution in [3.05, 3.63) is 0 Å². The first kappa shape index (κ1) is 16.0. The highest BCUT2D eigenvalue weighted by atomic mass is 14.6. The highest BCUT2D eigenvalue weighted by Crippen LogP contribution is 2.48. The average molecular weight is 253 g/mol. The zero-order valence-corrected chi connectivity index (χ0v) is 13.4. The third-order valence-corrected chi connectivity index (χ3v) is 5.76. The predicted octanol–water partition coefficient (Wildman–Crippen LogP) is 4.99. The minimum Gasteiger partial charge on any atom is -0.330 e. The molecule has 0 aromatic rings. The van der Waals surface area contributed by atoms with Crippen LogP contribution in [-0.4, -0.2) is 6.54 Å². The average Bonchev–Trinajstić information content (AvgIpc) is 2.48. The van der Waals surface area contributed by atoms with Crippen LogP contribution >= 0.6 is 0 Å². The van der Waals surface area contributed by atoms with Crippen LogP contribution in [0.25, 0.3) is 0 Å². The highest BCUT2D eigenvalue weighted by Gasteiger charge is 2.37. The summed E-state index contributed by atoms with van der Waals surface area (Å²) in [5, 5.41) is 0. The first-order chi connectivity index (χ1) is 8.33. The zero-order chi connectivity index (χ0) is 13.8. The Morgan fingerprint density at radius 3 is 2.17 bits per heavy atom. The fraction of sp³-hybridized carbons (Fsp3) is 1.00. The summed E-state index contributed by atoms with van der Waals surface area (Å²) in [4.78, 5) is 0. The van der Waals surface area contributed by atoms with E-state index in [9.17, 15) is 0 Å². The molecule has 108 valence electrons. The fourth-order valence-electron chi connectivity index (χ4n) is 3.40. The lowest BCUT2D eigenvalue weighted by Crippen LogP contribution is -2.31. The molecular weight excluding hydrogens is 218 g/mol. The second kappa shape index (κ2) is 6.41. The Morgan fingerprint density at radius 1 is 1.00 bits per heavy atom. The van der Waals surface area contributed by atoms with Crippen molar-refractivity contribution in [3.63, 3.8) is 0 Å². The number of hydrogen-bond acceptors (Lipinski definition) is 1. The molecule has 18 heavy (non-hydrogen) atoms. The summed E-state index contributed by atoms with van der Waals surface area (Å²) in [5.74, 6) is 1.62. The van der Waals surface area contributed by atoms with Crippen LogP contribution in [0, 0.1) is 22.7 Å². The van der Waals surface area contributed by atoms with Crippen LogP contribution in [0.4, 0.5) is 0 Å². The van der Waals surface area contributed by atoms with Gasteiger partial charge in [0.2, 0.25) is 0 Å². The Balaban J connectivity index is 2.67. The standard InChI is InChI=1S/C17H35N/c1-14(2)7-10-17(13-18)9-6-8-16(5,11-12-17)15(3)4/h14-15H,6-13,18H2,1-5H3. The highest BCUT2D eigenvalue weighted by molar-refractivity contribution is 4.90. The van der Waals surface area contributed by atoms with Gasteiger partial charge in [-0.05, 0) is 61.3 Å². The smallest absolute Gasteiger partial charge is 0.00205 e. The van der Waals surface area contributed by atoms with E-state index in [1.165, 1.54) is 44.9 Å². The zero-order valence-electron chi connectivity index (χ0n) is 13.4. The monoisotopic (exact) mass is 253 g/mol. The van der Waals surface area contributed by atoms with Crippen LogP contribution in [0.3, 0.4) is 0 Å². The number of hydrogen-bond donors (Lipinski definition) is 1. The van der Waals surface area contributed by atoms with Gasteiger partial charge < -0.3 is 5.73 Å². The van der Waals surface area contributed by atoms with E-state index < -0.39 is 0 Å². The molecule has 0 amide bonds. The first-order valence-electron chi connectivity index (χ1n) is 8.04. The molecule has 2 atom stereocenters. The molecule has 0 radical (unpaired) electrons. The maximum atomic E-state index is 6.16. The van der Waals surface area contributed by atoms with Gasteiger partial charge in [-0.2, -0.15) is 0 Å². The molecule has 0 bridgehead atoms. The number of rotatable bonds is 5. The molecule has 1 rings (SSSR count). The van der Waals surface area contributed by atoms with Gasteiger partial charge in [-0.25, -0.2) is 0 Å². The predicted molar refractivity (Wildman–Crippen MR) is 81.6 cm³/mol. The second-order valence-corrected chi connectivity index (χ2v) is 7.80. The topological polar surface area (TPSA) is 26.0 Å². The van der Waals surface area contributed by atoms with Crippen molar-refractivity contribution in [2.24, 2.45) is 28.4 Å². The van der Waals surface area contributed by atoms with Crippen LogP contribution in [0.1, 0.15) is 79.6 Å². The molecule has 1 fully saturated rings. The quantitative estimate of drug-likeness (QED) is 0.686. The second-order valence-electron chi connectivity index (χ2n) is 7.80. The van der Waals surface area contributed by atoms with Crippen molar-refractivity contribution in [1.82, 2.24) is 0 Å². The normalized spacial score (nSPS) is 34.0. The fourth-order valence-corrected chi connectivity index (χ4v) is 3.40. The van der Waals surface area contributed by atoms with E-state index in [1.54, 1.807) is 0 Å². The molecule has 1 aliphatic rings. The SMILES string of the molecule is CC(C)CCC1(CN)CCCC(C)(C(C)C)CC1. The van der Waals surface area contributed by atoms with E-state index in [2.05, 4.69) is 34.6 Å². The lowest BCUT2D eigenvalue weighted by Gasteiger charge is -2.35. The Labute approximate surface area is 115 Å². The molecule has 0 saturated heterocycles. The molecule has 2 N–H and O–H groups in total. The summed E-state index contributed by atoms with van der Waals surface area (Å²) in [6, 6.07) is 0. The van der Waals surface area contributed by atoms with Crippen molar-refractivity contribution >= 4 is 0 Å². The minimum absolute atomic E-state index is 0.455. The van der Waals surface area contributed by atoms with Crippen LogP contribution in [0.5, 0.6) is 0 Å². The van der Waals surface area contributed by atoms with Crippen LogP contribution < -0.4 is 5.73 Å². The van der Waals surface area contributed by atoms with Gasteiger partial charge in [0.25, 0.3) is 0 Å². The van der Waals surface area contributed by atoms with Gasteiger partial charge in [-0.3, -0.25) is 0 Å². The maximum Gasteiger partial charge on any atom is -0.00205 e. The molecular formula is C17H35N. The van der Waals surface area contributed by atoms with E-state index in [1.807, 2.05) is 0 Å². The molecule has 1 heteroatoms. The molecule has 1 saturated carbocycles. The summed E-state index contributed by atoms with van der Waals surface area (Å²) in [6.07, 6.45) is 9.55. The Hall–Kier alpha value is -0.0400. The molecule has 0 aromatic heterocycles. The van der Waals surface area contributed by atoms with Crippen LogP contribution in [0.15, 0.2) is 0 Å². The van der Waals surface area contributed by atoms with Crippen LogP contribution in [0.2, 0.25) is 0 Å². The van der Waals surface area contributed by atoms with Gasteiger partial charge >= 0.3 is 0 Å². The maximum absolute atomic E-state index is 6.16. The molecule has 1 aliphatic carbocycles. The Bertz CT molecular complexity index is 246. The Kier molecular flexibility index (Phi) is 5.70. The van der Waals surface area contributed by atoms with E-state index in [0.29, 0.717) is 10.8 Å². The molecule has 0 heterocycles. The van der Waals surface area contributed by atoms with Crippen molar-refractivity contribution in [2.45, 2.75) is 79.6 Å². The van der Waals surface area contributed by atoms with Crippen molar-refractivity contribution in [2.75, 3.05) is 6.54 Å². The largest absolute Gasteiger partial charge is 0.330 e. The lowest BCUT2D eigenvalue weighted by atomic mass is 9.71. The van der Waals surface area contributed by atoms with Gasteiger partial charge in [0, 0.05) is 0 Å². The van der Waals surface area contributed by atoms with Gasteiger partial charge in [0.05, 0.1) is 0 Å². The van der Waals surface area contributed by atoms with E-state index in [0.717, 1.165) is 18.4 Å². The number of nitrogens with two attached hydrogens (primary N) is 1. The van der Waals surface area contributed by atoms with E-state index in [4.69, 9.17) is 5.73 Å². The van der Waals surface area contributed by atoms with Gasteiger partial charge in [0.15, 0.2) is 0 Å². The van der Waals surface area contributed by atoms with Crippen LogP contribution in [-0.2, 0) is 0 Å².